The minimum absolute atomic E-state index is 0.0223. The molecular weight excluding hydrogens is 334 g/mol. The summed E-state index contributed by atoms with van der Waals surface area (Å²) in [4.78, 5) is 12.1. The van der Waals surface area contributed by atoms with Gasteiger partial charge in [-0.3, -0.25) is 4.79 Å². The van der Waals surface area contributed by atoms with Crippen molar-refractivity contribution in [3.05, 3.63) is 64.2 Å². The van der Waals surface area contributed by atoms with Crippen molar-refractivity contribution in [3.63, 3.8) is 0 Å². The van der Waals surface area contributed by atoms with Crippen LogP contribution in [0.3, 0.4) is 0 Å². The van der Waals surface area contributed by atoms with Crippen LogP contribution in [-0.2, 0) is 10.2 Å². The second-order valence-corrected chi connectivity index (χ2v) is 7.77. The predicted octanol–water partition coefficient (Wildman–Crippen LogP) is 5.20. The summed E-state index contributed by atoms with van der Waals surface area (Å²) in [6.45, 7) is 10.4. The summed E-state index contributed by atoms with van der Waals surface area (Å²) in [5, 5.41) is 3.64. The smallest absolute Gasteiger partial charge is 0.258 e. The number of carbonyl (C=O) groups excluding carboxylic acids is 1. The first-order chi connectivity index (χ1) is 11.7. The van der Waals surface area contributed by atoms with E-state index in [0.29, 0.717) is 10.8 Å². The molecule has 134 valence electrons. The Morgan fingerprint density at radius 2 is 1.80 bits per heavy atom. The average Bonchev–Trinajstić information content (AvgIpc) is 2.55. The molecule has 0 aliphatic heterocycles. The third kappa shape index (κ3) is 5.50. The number of carbonyl (C=O) groups is 1. The van der Waals surface area contributed by atoms with Gasteiger partial charge in [0.2, 0.25) is 0 Å². The Labute approximate surface area is 155 Å². The second-order valence-electron chi connectivity index (χ2n) is 7.36. The van der Waals surface area contributed by atoms with Crippen LogP contribution in [0.1, 0.15) is 50.4 Å². The summed E-state index contributed by atoms with van der Waals surface area (Å²) in [7, 11) is 0. The van der Waals surface area contributed by atoms with Gasteiger partial charge in [-0.2, -0.15) is 0 Å². The highest BCUT2D eigenvalue weighted by Gasteiger charge is 2.15. The highest BCUT2D eigenvalue weighted by molar-refractivity contribution is 6.31. The van der Waals surface area contributed by atoms with Gasteiger partial charge in [-0.05, 0) is 54.2 Å². The summed E-state index contributed by atoms with van der Waals surface area (Å²) in [6, 6.07) is 13.6. The number of ether oxygens (including phenoxy) is 1. The molecule has 0 fully saturated rings. The van der Waals surface area contributed by atoms with Gasteiger partial charge < -0.3 is 10.1 Å². The summed E-state index contributed by atoms with van der Waals surface area (Å²) < 4.78 is 5.53. The highest BCUT2D eigenvalue weighted by atomic mass is 35.5. The van der Waals surface area contributed by atoms with E-state index in [1.54, 1.807) is 12.1 Å². The molecule has 0 aliphatic carbocycles. The number of halogens is 1. The van der Waals surface area contributed by atoms with Gasteiger partial charge in [0.1, 0.15) is 5.75 Å². The molecule has 1 amide bonds. The van der Waals surface area contributed by atoms with Gasteiger partial charge in [-0.1, -0.05) is 56.6 Å². The summed E-state index contributed by atoms with van der Waals surface area (Å²) in [5.41, 5.74) is 3.39. The number of aryl methyl sites for hydroxylation is 1. The van der Waals surface area contributed by atoms with Gasteiger partial charge >= 0.3 is 0 Å². The Kier molecular flexibility index (Phi) is 6.12. The van der Waals surface area contributed by atoms with Crippen LogP contribution in [0.15, 0.2) is 42.5 Å². The van der Waals surface area contributed by atoms with Crippen LogP contribution in [0, 0.1) is 6.92 Å². The maximum absolute atomic E-state index is 12.1. The van der Waals surface area contributed by atoms with Crippen LogP contribution in [0.2, 0.25) is 5.02 Å². The van der Waals surface area contributed by atoms with Crippen LogP contribution >= 0.6 is 11.6 Å². The van der Waals surface area contributed by atoms with E-state index in [1.165, 1.54) is 5.56 Å². The van der Waals surface area contributed by atoms with Gasteiger partial charge in [0.05, 0.1) is 6.04 Å². The number of hydrogen-bond donors (Lipinski definition) is 1. The summed E-state index contributed by atoms with van der Waals surface area (Å²) in [5.74, 6) is 0.485. The predicted molar refractivity (Wildman–Crippen MR) is 103 cm³/mol. The lowest BCUT2D eigenvalue weighted by molar-refractivity contribution is -0.123. The molecule has 2 aromatic carbocycles. The van der Waals surface area contributed by atoms with Crippen LogP contribution in [0.5, 0.6) is 5.75 Å². The number of amides is 1. The molecule has 0 spiro atoms. The lowest BCUT2D eigenvalue weighted by Crippen LogP contribution is -2.31. The van der Waals surface area contributed by atoms with E-state index < -0.39 is 0 Å². The summed E-state index contributed by atoms with van der Waals surface area (Å²) in [6.07, 6.45) is 0. The van der Waals surface area contributed by atoms with Crippen molar-refractivity contribution in [1.82, 2.24) is 5.32 Å². The molecule has 0 saturated carbocycles. The molecule has 0 heterocycles. The van der Waals surface area contributed by atoms with Crippen LogP contribution < -0.4 is 10.1 Å². The molecule has 25 heavy (non-hydrogen) atoms. The number of hydrogen-bond acceptors (Lipinski definition) is 2. The molecule has 2 rings (SSSR count). The first-order valence-corrected chi connectivity index (χ1v) is 8.83. The van der Waals surface area contributed by atoms with Crippen molar-refractivity contribution in [1.29, 1.82) is 0 Å². The molecule has 0 bridgehead atoms. The van der Waals surface area contributed by atoms with Crippen LogP contribution in [0.4, 0.5) is 0 Å². The topological polar surface area (TPSA) is 38.3 Å². The van der Waals surface area contributed by atoms with E-state index in [-0.39, 0.29) is 24.0 Å². The largest absolute Gasteiger partial charge is 0.484 e. The molecule has 3 nitrogen and oxygen atoms in total. The van der Waals surface area contributed by atoms with E-state index in [0.717, 1.165) is 11.1 Å². The fourth-order valence-corrected chi connectivity index (χ4v) is 2.61. The van der Waals surface area contributed by atoms with Gasteiger partial charge in [0, 0.05) is 5.02 Å². The van der Waals surface area contributed by atoms with Gasteiger partial charge in [-0.15, -0.1) is 0 Å². The van der Waals surface area contributed by atoms with E-state index in [9.17, 15) is 4.79 Å². The van der Waals surface area contributed by atoms with Gasteiger partial charge in [-0.25, -0.2) is 0 Å². The third-order valence-electron chi connectivity index (χ3n) is 4.15. The Balaban J connectivity index is 1.90. The summed E-state index contributed by atoms with van der Waals surface area (Å²) >= 11 is 5.98. The van der Waals surface area contributed by atoms with Crippen LogP contribution in [0.25, 0.3) is 0 Å². The molecule has 0 aromatic heterocycles. The van der Waals surface area contributed by atoms with Crippen molar-refractivity contribution >= 4 is 17.5 Å². The normalized spacial score (nSPS) is 12.6. The maximum atomic E-state index is 12.1. The van der Waals surface area contributed by atoms with Crippen LogP contribution in [-0.4, -0.2) is 12.5 Å². The van der Waals surface area contributed by atoms with Gasteiger partial charge in [0.15, 0.2) is 6.61 Å². The average molecular weight is 360 g/mol. The van der Waals surface area contributed by atoms with E-state index >= 15 is 0 Å². The fraction of sp³-hybridized carbons (Fsp3) is 0.381. The highest BCUT2D eigenvalue weighted by Crippen LogP contribution is 2.24. The zero-order valence-corrected chi connectivity index (χ0v) is 16.3. The molecule has 0 aliphatic rings. The lowest BCUT2D eigenvalue weighted by Gasteiger charge is -2.20. The minimum Gasteiger partial charge on any atom is -0.484 e. The number of rotatable bonds is 5. The molecule has 1 unspecified atom stereocenters. The monoisotopic (exact) mass is 359 g/mol. The molecule has 2 aromatic rings. The Hall–Kier alpha value is -2.00. The molecule has 0 radical (unpaired) electrons. The minimum atomic E-state index is -0.153. The number of nitrogens with one attached hydrogen (secondary N) is 1. The Morgan fingerprint density at radius 1 is 1.16 bits per heavy atom. The quantitative estimate of drug-likeness (QED) is 0.796. The van der Waals surface area contributed by atoms with E-state index in [1.807, 2.05) is 19.9 Å². The number of benzene rings is 2. The second kappa shape index (κ2) is 7.92. The molecule has 4 heteroatoms. The fourth-order valence-electron chi connectivity index (χ4n) is 2.49. The first kappa shape index (κ1) is 19.3. The van der Waals surface area contributed by atoms with Crippen molar-refractivity contribution < 1.29 is 9.53 Å². The Bertz CT molecular complexity index is 733. The molecule has 1 N–H and O–H groups in total. The first-order valence-electron chi connectivity index (χ1n) is 8.45. The molecular formula is C21H26ClNO2. The zero-order valence-electron chi connectivity index (χ0n) is 15.5. The third-order valence-corrected chi connectivity index (χ3v) is 4.58. The standard InChI is InChI=1S/C21H26ClNO2/c1-14-12-18(10-11-19(14)22)25-13-20(24)23-15(2)16-6-8-17(9-7-16)21(3,4)5/h6-12,15H,13H2,1-5H3,(H,23,24). The lowest BCUT2D eigenvalue weighted by atomic mass is 9.86. The van der Waals surface area contributed by atoms with E-state index in [2.05, 4.69) is 50.4 Å². The van der Waals surface area contributed by atoms with Crippen molar-refractivity contribution in [3.8, 4) is 5.75 Å². The maximum Gasteiger partial charge on any atom is 0.258 e. The SMILES string of the molecule is Cc1cc(OCC(=O)NC(C)c2ccc(C(C)(C)C)cc2)ccc1Cl. The van der Waals surface area contributed by atoms with Gasteiger partial charge in [0.25, 0.3) is 5.91 Å². The zero-order chi connectivity index (χ0) is 18.6. The molecule has 0 saturated heterocycles. The Morgan fingerprint density at radius 3 is 2.36 bits per heavy atom. The van der Waals surface area contributed by atoms with Crippen molar-refractivity contribution in [2.45, 2.75) is 46.1 Å². The molecule has 1 atom stereocenters. The van der Waals surface area contributed by atoms with Crippen molar-refractivity contribution in [2.24, 2.45) is 0 Å². The van der Waals surface area contributed by atoms with Crippen molar-refractivity contribution in [2.75, 3.05) is 6.61 Å². The van der Waals surface area contributed by atoms with E-state index in [4.69, 9.17) is 16.3 Å².